The molecule has 0 unspecified atom stereocenters. The van der Waals surface area contributed by atoms with Crippen LogP contribution >= 0.6 is 11.3 Å². The molecule has 26 heavy (non-hydrogen) atoms. The van der Waals surface area contributed by atoms with Crippen molar-refractivity contribution >= 4 is 23.5 Å². The quantitative estimate of drug-likeness (QED) is 0.709. The van der Waals surface area contributed by atoms with E-state index in [1.54, 1.807) is 17.4 Å². The van der Waals surface area contributed by atoms with Crippen LogP contribution in [0.5, 0.6) is 5.75 Å². The van der Waals surface area contributed by atoms with Crippen LogP contribution in [0.1, 0.15) is 47.2 Å². The Hall–Kier alpha value is -2.51. The topological polar surface area (TPSA) is 87.1 Å². The Morgan fingerprint density at radius 3 is 2.92 bits per heavy atom. The molecule has 0 atom stereocenters. The molecule has 0 aliphatic heterocycles. The van der Waals surface area contributed by atoms with E-state index in [4.69, 9.17) is 15.0 Å². The monoisotopic (exact) mass is 368 g/mol. The Morgan fingerprint density at radius 1 is 1.31 bits per heavy atom. The zero-order chi connectivity index (χ0) is 18.0. The number of nitrogens with zero attached hydrogens (tertiary/aromatic N) is 3. The minimum absolute atomic E-state index is 0.405. The molecule has 1 saturated carbocycles. The highest BCUT2D eigenvalue weighted by Crippen LogP contribution is 2.36. The molecule has 1 aliphatic rings. The summed E-state index contributed by atoms with van der Waals surface area (Å²) in [5, 5.41) is 7.07. The van der Waals surface area contributed by atoms with Gasteiger partial charge >= 0.3 is 0 Å². The average molecular weight is 368 g/mol. The molecule has 0 spiro atoms. The molecule has 1 fully saturated rings. The second kappa shape index (κ2) is 7.01. The van der Waals surface area contributed by atoms with E-state index in [1.807, 2.05) is 42.6 Å². The number of benzene rings is 1. The van der Waals surface area contributed by atoms with Crippen molar-refractivity contribution in [2.75, 3.05) is 0 Å². The van der Waals surface area contributed by atoms with E-state index in [0.29, 0.717) is 18.3 Å². The standard InChI is InChI=1S/C19H20N4O2S/c1-13-21-15(12-26-13)11-24-16-5-2-4-14(10-16)6-7-17-22-18(23-25-17)19(20)8-3-9-19/h2,4-7,10,12H,3,8-9,11,20H2,1H3/b7-6+. The molecule has 0 amide bonds. The number of rotatable bonds is 6. The van der Waals surface area contributed by atoms with E-state index < -0.39 is 5.54 Å². The lowest BCUT2D eigenvalue weighted by Crippen LogP contribution is -2.44. The third-order valence-electron chi connectivity index (χ3n) is 4.46. The first-order valence-electron chi connectivity index (χ1n) is 8.56. The second-order valence-corrected chi connectivity index (χ2v) is 7.58. The van der Waals surface area contributed by atoms with Crippen LogP contribution in [0.2, 0.25) is 0 Å². The molecule has 3 aromatic rings. The van der Waals surface area contributed by atoms with Gasteiger partial charge in [0, 0.05) is 11.5 Å². The second-order valence-electron chi connectivity index (χ2n) is 6.52. The molecule has 2 aromatic heterocycles. The van der Waals surface area contributed by atoms with E-state index in [9.17, 15) is 0 Å². The van der Waals surface area contributed by atoms with Gasteiger partial charge in [-0.3, -0.25) is 0 Å². The summed E-state index contributed by atoms with van der Waals surface area (Å²) in [4.78, 5) is 8.79. The number of thiazole rings is 1. The maximum atomic E-state index is 6.22. The van der Waals surface area contributed by atoms with Crippen molar-refractivity contribution in [3.63, 3.8) is 0 Å². The van der Waals surface area contributed by atoms with Crippen LogP contribution in [0.15, 0.2) is 34.2 Å². The highest BCUT2D eigenvalue weighted by Gasteiger charge is 2.38. The Bertz CT molecular complexity index is 927. The van der Waals surface area contributed by atoms with Gasteiger partial charge in [0.25, 0.3) is 5.89 Å². The van der Waals surface area contributed by atoms with Crippen molar-refractivity contribution in [2.24, 2.45) is 5.73 Å². The fraction of sp³-hybridized carbons (Fsp3) is 0.316. The zero-order valence-corrected chi connectivity index (χ0v) is 15.3. The van der Waals surface area contributed by atoms with E-state index in [0.717, 1.165) is 41.3 Å². The minimum Gasteiger partial charge on any atom is -0.487 e. The molecular weight excluding hydrogens is 348 g/mol. The van der Waals surface area contributed by atoms with Crippen LogP contribution in [0.3, 0.4) is 0 Å². The molecule has 1 aliphatic carbocycles. The van der Waals surface area contributed by atoms with E-state index in [2.05, 4.69) is 15.1 Å². The van der Waals surface area contributed by atoms with E-state index >= 15 is 0 Å². The first-order chi connectivity index (χ1) is 12.6. The first-order valence-corrected chi connectivity index (χ1v) is 9.44. The van der Waals surface area contributed by atoms with Crippen LogP contribution < -0.4 is 10.5 Å². The largest absolute Gasteiger partial charge is 0.487 e. The van der Waals surface area contributed by atoms with Gasteiger partial charge in [-0.1, -0.05) is 17.3 Å². The smallest absolute Gasteiger partial charge is 0.250 e. The van der Waals surface area contributed by atoms with Crippen LogP contribution in [0.4, 0.5) is 0 Å². The first kappa shape index (κ1) is 16.9. The molecule has 0 bridgehead atoms. The zero-order valence-electron chi connectivity index (χ0n) is 14.5. The van der Waals surface area contributed by atoms with E-state index in [-0.39, 0.29) is 0 Å². The van der Waals surface area contributed by atoms with Crippen LogP contribution in [-0.4, -0.2) is 15.1 Å². The molecule has 0 saturated heterocycles. The fourth-order valence-electron chi connectivity index (χ4n) is 2.79. The molecule has 1 aromatic carbocycles. The predicted octanol–water partition coefficient (Wildman–Crippen LogP) is 3.92. The molecule has 6 nitrogen and oxygen atoms in total. The highest BCUT2D eigenvalue weighted by molar-refractivity contribution is 7.09. The Labute approximate surface area is 155 Å². The molecule has 134 valence electrons. The lowest BCUT2D eigenvalue weighted by Gasteiger charge is -2.34. The highest BCUT2D eigenvalue weighted by atomic mass is 32.1. The van der Waals surface area contributed by atoms with Gasteiger partial charge in [-0.2, -0.15) is 4.98 Å². The van der Waals surface area contributed by atoms with Crippen molar-refractivity contribution in [2.45, 2.75) is 38.3 Å². The molecule has 2 heterocycles. The van der Waals surface area contributed by atoms with Crippen LogP contribution in [-0.2, 0) is 12.1 Å². The van der Waals surface area contributed by atoms with Gasteiger partial charge in [-0.05, 0) is 50.0 Å². The van der Waals surface area contributed by atoms with Crippen molar-refractivity contribution < 1.29 is 9.26 Å². The van der Waals surface area contributed by atoms with Gasteiger partial charge in [0.05, 0.1) is 16.2 Å². The average Bonchev–Trinajstić information content (AvgIpc) is 3.26. The molecule has 4 rings (SSSR count). The summed E-state index contributed by atoms with van der Waals surface area (Å²) >= 11 is 1.62. The number of ether oxygens (including phenoxy) is 1. The van der Waals surface area contributed by atoms with E-state index in [1.165, 1.54) is 0 Å². The number of aryl methyl sites for hydroxylation is 1. The van der Waals surface area contributed by atoms with Crippen molar-refractivity contribution in [1.29, 1.82) is 0 Å². The minimum atomic E-state index is -0.405. The van der Waals surface area contributed by atoms with Gasteiger partial charge in [-0.15, -0.1) is 11.3 Å². The Morgan fingerprint density at radius 2 is 2.19 bits per heavy atom. The summed E-state index contributed by atoms with van der Waals surface area (Å²) in [6.07, 6.45) is 6.65. The van der Waals surface area contributed by atoms with Gasteiger partial charge in [0.15, 0.2) is 5.82 Å². The third kappa shape index (κ3) is 3.68. The van der Waals surface area contributed by atoms with Gasteiger partial charge in [0.2, 0.25) is 0 Å². The summed E-state index contributed by atoms with van der Waals surface area (Å²) in [7, 11) is 0. The summed E-state index contributed by atoms with van der Waals surface area (Å²) in [5.41, 5.74) is 7.74. The van der Waals surface area contributed by atoms with Crippen molar-refractivity contribution in [3.8, 4) is 5.75 Å². The summed E-state index contributed by atoms with van der Waals surface area (Å²) in [6.45, 7) is 2.45. The number of hydrogen-bond donors (Lipinski definition) is 1. The fourth-order valence-corrected chi connectivity index (χ4v) is 3.39. The van der Waals surface area contributed by atoms with Crippen LogP contribution in [0.25, 0.3) is 12.2 Å². The molecule has 2 N–H and O–H groups in total. The van der Waals surface area contributed by atoms with Crippen LogP contribution in [0, 0.1) is 6.92 Å². The molecule has 0 radical (unpaired) electrons. The molecular formula is C19H20N4O2S. The molecule has 7 heteroatoms. The summed E-state index contributed by atoms with van der Waals surface area (Å²) in [6, 6.07) is 7.83. The normalized spacial score (nSPS) is 15.9. The van der Waals surface area contributed by atoms with Crippen molar-refractivity contribution in [3.05, 3.63) is 57.6 Å². The van der Waals surface area contributed by atoms with Gasteiger partial charge in [-0.25, -0.2) is 4.98 Å². The van der Waals surface area contributed by atoms with Gasteiger partial charge < -0.3 is 15.0 Å². The number of aromatic nitrogens is 3. The predicted molar refractivity (Wildman–Crippen MR) is 101 cm³/mol. The number of hydrogen-bond acceptors (Lipinski definition) is 7. The summed E-state index contributed by atoms with van der Waals surface area (Å²) in [5.74, 6) is 1.85. The maximum Gasteiger partial charge on any atom is 0.250 e. The SMILES string of the molecule is Cc1nc(COc2cccc(/C=C/c3nc(C4(N)CCC4)no3)c2)cs1. The lowest BCUT2D eigenvalue weighted by molar-refractivity contribution is 0.229. The number of nitrogens with two attached hydrogens (primary N) is 1. The summed E-state index contributed by atoms with van der Waals surface area (Å²) < 4.78 is 11.1. The van der Waals surface area contributed by atoms with Crippen molar-refractivity contribution in [1.82, 2.24) is 15.1 Å². The van der Waals surface area contributed by atoms with Gasteiger partial charge in [0.1, 0.15) is 12.4 Å². The maximum absolute atomic E-state index is 6.22. The lowest BCUT2D eigenvalue weighted by atomic mass is 9.77. The third-order valence-corrected chi connectivity index (χ3v) is 5.28. The Balaban J connectivity index is 1.41. The Kier molecular flexibility index (Phi) is 4.57.